The molecule has 0 amide bonds. The van der Waals surface area contributed by atoms with Gasteiger partial charge in [0, 0.05) is 22.2 Å². The summed E-state index contributed by atoms with van der Waals surface area (Å²) in [6.45, 7) is 4.03. The Morgan fingerprint density at radius 3 is 2.57 bits per heavy atom. The van der Waals surface area contributed by atoms with Crippen LogP contribution in [0.1, 0.15) is 29.7 Å². The van der Waals surface area contributed by atoms with E-state index in [9.17, 15) is 5.11 Å². The van der Waals surface area contributed by atoms with Crippen LogP contribution >= 0.6 is 11.6 Å². The SMILES string of the molecule is COc1ccc([C@H](C)O)c(OCc2ccc(C)cc2Cl)c1. The second-order valence-corrected chi connectivity index (χ2v) is 5.37. The Bertz CT molecular complexity index is 623. The van der Waals surface area contributed by atoms with Crippen LogP contribution in [0.5, 0.6) is 11.5 Å². The molecular formula is C17H19ClO3. The van der Waals surface area contributed by atoms with Crippen LogP contribution in [0.4, 0.5) is 0 Å². The zero-order chi connectivity index (χ0) is 15.4. The van der Waals surface area contributed by atoms with Crippen molar-refractivity contribution < 1.29 is 14.6 Å². The highest BCUT2D eigenvalue weighted by Gasteiger charge is 2.11. The van der Waals surface area contributed by atoms with E-state index in [1.165, 1.54) is 0 Å². The fourth-order valence-corrected chi connectivity index (χ4v) is 2.33. The Kier molecular flexibility index (Phi) is 5.10. The molecule has 2 aromatic carbocycles. The zero-order valence-electron chi connectivity index (χ0n) is 12.4. The first kappa shape index (κ1) is 15.7. The lowest BCUT2D eigenvalue weighted by atomic mass is 10.1. The highest BCUT2D eigenvalue weighted by Crippen LogP contribution is 2.30. The van der Waals surface area contributed by atoms with E-state index < -0.39 is 6.10 Å². The molecule has 112 valence electrons. The summed E-state index contributed by atoms with van der Waals surface area (Å²) < 4.78 is 11.0. The molecule has 0 saturated heterocycles. The van der Waals surface area contributed by atoms with Gasteiger partial charge in [-0.3, -0.25) is 0 Å². The molecule has 2 aromatic rings. The second-order valence-electron chi connectivity index (χ2n) is 4.96. The van der Waals surface area contributed by atoms with Gasteiger partial charge in [0.15, 0.2) is 0 Å². The minimum Gasteiger partial charge on any atom is -0.497 e. The van der Waals surface area contributed by atoms with E-state index >= 15 is 0 Å². The Labute approximate surface area is 130 Å². The molecule has 1 atom stereocenters. The Balaban J connectivity index is 2.22. The van der Waals surface area contributed by atoms with Gasteiger partial charge in [-0.1, -0.05) is 23.7 Å². The molecule has 0 bridgehead atoms. The predicted octanol–water partition coefficient (Wildman–Crippen LogP) is 4.29. The van der Waals surface area contributed by atoms with E-state index in [-0.39, 0.29) is 0 Å². The van der Waals surface area contributed by atoms with Gasteiger partial charge in [-0.15, -0.1) is 0 Å². The maximum Gasteiger partial charge on any atom is 0.129 e. The highest BCUT2D eigenvalue weighted by molar-refractivity contribution is 6.31. The van der Waals surface area contributed by atoms with Gasteiger partial charge in [-0.2, -0.15) is 0 Å². The van der Waals surface area contributed by atoms with E-state index in [0.717, 1.165) is 16.7 Å². The summed E-state index contributed by atoms with van der Waals surface area (Å²) in [4.78, 5) is 0. The van der Waals surface area contributed by atoms with E-state index in [1.807, 2.05) is 25.1 Å². The molecule has 4 heteroatoms. The van der Waals surface area contributed by atoms with Gasteiger partial charge >= 0.3 is 0 Å². The topological polar surface area (TPSA) is 38.7 Å². The Morgan fingerprint density at radius 1 is 1.19 bits per heavy atom. The molecule has 0 spiro atoms. The lowest BCUT2D eigenvalue weighted by Crippen LogP contribution is -2.02. The molecule has 0 saturated carbocycles. The van der Waals surface area contributed by atoms with Crippen molar-refractivity contribution in [1.82, 2.24) is 0 Å². The summed E-state index contributed by atoms with van der Waals surface area (Å²) in [5.41, 5.74) is 2.73. The third-order valence-electron chi connectivity index (χ3n) is 3.26. The van der Waals surface area contributed by atoms with Crippen LogP contribution in [-0.4, -0.2) is 12.2 Å². The molecule has 0 aliphatic rings. The number of aliphatic hydroxyl groups excluding tert-OH is 1. The smallest absolute Gasteiger partial charge is 0.129 e. The van der Waals surface area contributed by atoms with Crippen molar-refractivity contribution in [2.45, 2.75) is 26.6 Å². The van der Waals surface area contributed by atoms with Gasteiger partial charge in [-0.05, 0) is 37.6 Å². The number of benzene rings is 2. The van der Waals surface area contributed by atoms with Gasteiger partial charge in [0.05, 0.1) is 13.2 Å². The predicted molar refractivity (Wildman–Crippen MR) is 84.1 cm³/mol. The molecule has 0 aliphatic heterocycles. The third kappa shape index (κ3) is 3.90. The van der Waals surface area contributed by atoms with Crippen LogP contribution in [0.3, 0.4) is 0 Å². The molecule has 0 aliphatic carbocycles. The maximum absolute atomic E-state index is 9.81. The van der Waals surface area contributed by atoms with Crippen molar-refractivity contribution in [3.63, 3.8) is 0 Å². The molecule has 3 nitrogen and oxygen atoms in total. The van der Waals surface area contributed by atoms with Crippen LogP contribution in [0.2, 0.25) is 5.02 Å². The second kappa shape index (κ2) is 6.83. The molecule has 1 N–H and O–H groups in total. The van der Waals surface area contributed by atoms with Gasteiger partial charge in [0.1, 0.15) is 18.1 Å². The van der Waals surface area contributed by atoms with Crippen molar-refractivity contribution in [3.8, 4) is 11.5 Å². The van der Waals surface area contributed by atoms with Crippen LogP contribution in [0.15, 0.2) is 36.4 Å². The van der Waals surface area contributed by atoms with Crippen LogP contribution < -0.4 is 9.47 Å². The number of aryl methyl sites for hydroxylation is 1. The highest BCUT2D eigenvalue weighted by atomic mass is 35.5. The number of hydrogen-bond donors (Lipinski definition) is 1. The maximum atomic E-state index is 9.81. The summed E-state index contributed by atoms with van der Waals surface area (Å²) in [6.07, 6.45) is -0.612. The minimum absolute atomic E-state index is 0.339. The van der Waals surface area contributed by atoms with Gasteiger partial charge < -0.3 is 14.6 Å². The summed E-state index contributed by atoms with van der Waals surface area (Å²) in [7, 11) is 1.60. The number of rotatable bonds is 5. The third-order valence-corrected chi connectivity index (χ3v) is 3.61. The quantitative estimate of drug-likeness (QED) is 0.895. The van der Waals surface area contributed by atoms with Crippen molar-refractivity contribution in [1.29, 1.82) is 0 Å². The monoisotopic (exact) mass is 306 g/mol. The van der Waals surface area contributed by atoms with Gasteiger partial charge in [0.25, 0.3) is 0 Å². The van der Waals surface area contributed by atoms with Crippen molar-refractivity contribution in [2.24, 2.45) is 0 Å². The average molecular weight is 307 g/mol. The Morgan fingerprint density at radius 2 is 1.95 bits per heavy atom. The van der Waals surface area contributed by atoms with E-state index in [4.69, 9.17) is 21.1 Å². The first-order valence-electron chi connectivity index (χ1n) is 6.75. The molecule has 0 aromatic heterocycles. The normalized spacial score (nSPS) is 12.0. The summed E-state index contributed by atoms with van der Waals surface area (Å²) in [6, 6.07) is 11.2. The lowest BCUT2D eigenvalue weighted by Gasteiger charge is -2.15. The summed E-state index contributed by atoms with van der Waals surface area (Å²) >= 11 is 6.20. The summed E-state index contributed by atoms with van der Waals surface area (Å²) in [5.74, 6) is 1.28. The zero-order valence-corrected chi connectivity index (χ0v) is 13.1. The number of methoxy groups -OCH3 is 1. The van der Waals surface area contributed by atoms with E-state index in [2.05, 4.69) is 0 Å². The fraction of sp³-hybridized carbons (Fsp3) is 0.294. The molecule has 0 fully saturated rings. The summed E-state index contributed by atoms with van der Waals surface area (Å²) in [5, 5.41) is 10.5. The van der Waals surface area contributed by atoms with Crippen LogP contribution in [0, 0.1) is 6.92 Å². The molecular weight excluding hydrogens is 288 g/mol. The van der Waals surface area contributed by atoms with Crippen molar-refractivity contribution >= 4 is 11.6 Å². The Hall–Kier alpha value is -1.71. The number of hydrogen-bond acceptors (Lipinski definition) is 3. The molecule has 0 radical (unpaired) electrons. The lowest BCUT2D eigenvalue weighted by molar-refractivity contribution is 0.190. The molecule has 21 heavy (non-hydrogen) atoms. The van der Waals surface area contributed by atoms with Crippen molar-refractivity contribution in [3.05, 3.63) is 58.1 Å². The average Bonchev–Trinajstić information content (AvgIpc) is 2.45. The largest absolute Gasteiger partial charge is 0.497 e. The number of halogens is 1. The fourth-order valence-electron chi connectivity index (χ4n) is 2.04. The van der Waals surface area contributed by atoms with Gasteiger partial charge in [-0.25, -0.2) is 0 Å². The minimum atomic E-state index is -0.612. The first-order valence-corrected chi connectivity index (χ1v) is 7.13. The van der Waals surface area contributed by atoms with Crippen LogP contribution in [0.25, 0.3) is 0 Å². The van der Waals surface area contributed by atoms with Gasteiger partial charge in [0.2, 0.25) is 0 Å². The van der Waals surface area contributed by atoms with E-state index in [0.29, 0.717) is 23.1 Å². The van der Waals surface area contributed by atoms with Crippen LogP contribution in [-0.2, 0) is 6.61 Å². The molecule has 0 unspecified atom stereocenters. The number of ether oxygens (including phenoxy) is 2. The van der Waals surface area contributed by atoms with Crippen molar-refractivity contribution in [2.75, 3.05) is 7.11 Å². The molecule has 2 rings (SSSR count). The number of aliphatic hydroxyl groups is 1. The van der Waals surface area contributed by atoms with E-state index in [1.54, 1.807) is 32.2 Å². The first-order chi connectivity index (χ1) is 10.0. The standard InChI is InChI=1S/C17H19ClO3/c1-11-4-5-13(16(18)8-11)10-21-17-9-14(20-3)6-7-15(17)12(2)19/h4-9,12,19H,10H2,1-3H3/t12-/m0/s1. The molecule has 0 heterocycles.